The molecule has 10 atom stereocenters. The fourth-order valence-electron chi connectivity index (χ4n) is 2.27. The average molecular weight is 346 g/mol. The van der Waals surface area contributed by atoms with Crippen LogP contribution in [0, 0.1) is 0 Å². The summed E-state index contributed by atoms with van der Waals surface area (Å²) in [7, 11) is 0. The quantitative estimate of drug-likeness (QED) is 0.242. The molecule has 2 rings (SSSR count). The van der Waals surface area contributed by atoms with E-state index in [1.807, 2.05) is 0 Å². The maximum Gasteiger partial charge on any atom is 0.189 e. The monoisotopic (exact) mass is 346 g/mol. The molecule has 23 heavy (non-hydrogen) atoms. The van der Waals surface area contributed by atoms with Crippen molar-refractivity contribution in [3.63, 3.8) is 0 Å². The summed E-state index contributed by atoms with van der Waals surface area (Å²) in [5.74, 6) is 0. The first kappa shape index (κ1) is 13.8. The predicted molar refractivity (Wildman–Crippen MR) is 68.6 cm³/mol. The van der Waals surface area contributed by atoms with E-state index in [9.17, 15) is 40.9 Å². The molecule has 2 fully saturated rings. The van der Waals surface area contributed by atoms with Crippen LogP contribution in [0.2, 0.25) is 0 Å². The second kappa shape index (κ2) is 7.63. The number of rotatable bonds is 4. The number of hydrogen-bond acceptors (Lipinski definition) is 11. The van der Waals surface area contributed by atoms with E-state index in [1.54, 1.807) is 0 Å². The van der Waals surface area contributed by atoms with Gasteiger partial charge in [-0.1, -0.05) is 0 Å². The van der Waals surface area contributed by atoms with Crippen LogP contribution in [0.25, 0.3) is 0 Å². The van der Waals surface area contributed by atoms with E-state index in [0.29, 0.717) is 0 Å². The van der Waals surface area contributed by atoms with Gasteiger partial charge in [-0.25, -0.2) is 0 Å². The van der Waals surface area contributed by atoms with Gasteiger partial charge in [-0.3, -0.25) is 0 Å². The van der Waals surface area contributed by atoms with Crippen LogP contribution in [-0.4, -0.2) is 115 Å². The van der Waals surface area contributed by atoms with E-state index in [0.717, 1.165) is 0 Å². The van der Waals surface area contributed by atoms with Crippen LogP contribution < -0.4 is 0 Å². The molecular formula is C12H22O11. The summed E-state index contributed by atoms with van der Waals surface area (Å²) in [6.07, 6.45) is -20.4. The van der Waals surface area contributed by atoms with Crippen molar-refractivity contribution >= 4 is 0 Å². The van der Waals surface area contributed by atoms with E-state index >= 15 is 0 Å². The average Bonchev–Trinajstić information content (AvgIpc) is 2.53. The van der Waals surface area contributed by atoms with Crippen molar-refractivity contribution in [1.29, 1.82) is 0 Å². The fourth-order valence-corrected chi connectivity index (χ4v) is 2.27. The zero-order chi connectivity index (χ0) is 20.9. The van der Waals surface area contributed by atoms with E-state index in [2.05, 4.69) is 0 Å². The fraction of sp³-hybridized carbons (Fsp3) is 1.00. The molecule has 0 radical (unpaired) electrons. The predicted octanol–water partition coefficient (Wildman–Crippen LogP) is -5.40. The summed E-state index contributed by atoms with van der Waals surface area (Å²) < 4.78 is 43.5. The minimum atomic E-state index is -3.17. The molecule has 0 amide bonds. The van der Waals surface area contributed by atoms with Gasteiger partial charge in [0.15, 0.2) is 12.6 Å². The molecule has 0 aromatic rings. The van der Waals surface area contributed by atoms with E-state index < -0.39 is 74.5 Å². The second-order valence-electron chi connectivity index (χ2n) is 5.19. The normalized spacial score (nSPS) is 55.5. The number of hydrogen-bond donors (Lipinski definition) is 8. The lowest BCUT2D eigenvalue weighted by Gasteiger charge is -2.44. The maximum atomic E-state index is 9.92. The van der Waals surface area contributed by atoms with Gasteiger partial charge in [-0.15, -0.1) is 0 Å². The minimum absolute atomic E-state index is 2.01. The smallest absolute Gasteiger partial charge is 0.189 e. The Balaban J connectivity index is 2.20. The largest absolute Gasteiger partial charge is 0.394 e. The lowest BCUT2D eigenvalue weighted by Crippen LogP contribution is -2.63. The molecule has 0 unspecified atom stereocenters. The van der Waals surface area contributed by atoms with Crippen molar-refractivity contribution in [1.82, 2.24) is 0 Å². The van der Waals surface area contributed by atoms with Gasteiger partial charge in [0, 0.05) is 0 Å². The molecule has 8 N–H and O–H groups in total. The van der Waals surface area contributed by atoms with Crippen LogP contribution in [0.5, 0.6) is 0 Å². The molecule has 2 aliphatic heterocycles. The highest BCUT2D eigenvalue weighted by molar-refractivity contribution is 4.92. The summed E-state index contributed by atoms with van der Waals surface area (Å²) in [4.78, 5) is 0. The van der Waals surface area contributed by atoms with Gasteiger partial charge in [0.25, 0.3) is 0 Å². The Morgan fingerprint density at radius 2 is 1.00 bits per heavy atom. The standard InChI is InChI=1S/C12H22O11/c13-1-3-5(15)7(17)9(19)11(21-3)23-12-10(20)8(18)6(16)4(2-14)22-12/h3-20H,1-2H2/t3-,4-,5-,6-,7+,8+,9-,10-,11-,12+/m1/s1/i1D2,2D2. The maximum absolute atomic E-state index is 9.92. The summed E-state index contributed by atoms with van der Waals surface area (Å²) in [5.41, 5.74) is 0. The third-order valence-corrected chi connectivity index (χ3v) is 3.66. The zero-order valence-electron chi connectivity index (χ0n) is 15.6. The lowest BCUT2D eigenvalue weighted by atomic mass is 9.98. The van der Waals surface area contributed by atoms with Gasteiger partial charge < -0.3 is 55.1 Å². The summed E-state index contributed by atoms with van der Waals surface area (Å²) in [6, 6.07) is 0. The number of aliphatic hydroxyl groups excluding tert-OH is 6. The molecule has 2 saturated heterocycles. The lowest BCUT2D eigenvalue weighted by molar-refractivity contribution is -0.376. The summed E-state index contributed by atoms with van der Waals surface area (Å²) in [5, 5.41) is 77.6. The molecule has 2 aliphatic rings. The third kappa shape index (κ3) is 3.65. The van der Waals surface area contributed by atoms with Gasteiger partial charge in [0.2, 0.25) is 0 Å². The Kier molecular flexibility index (Phi) is 4.58. The highest BCUT2D eigenvalue weighted by Crippen LogP contribution is 2.27. The molecule has 0 bridgehead atoms. The molecule has 11 nitrogen and oxygen atoms in total. The summed E-state index contributed by atoms with van der Waals surface area (Å²) in [6.45, 7) is -6.34. The van der Waals surface area contributed by atoms with Gasteiger partial charge in [-0.05, 0) is 0 Å². The molecule has 0 aromatic heterocycles. The van der Waals surface area contributed by atoms with Gasteiger partial charge in [0.1, 0.15) is 48.8 Å². The van der Waals surface area contributed by atoms with Gasteiger partial charge in [-0.2, -0.15) is 0 Å². The first-order valence-electron chi connectivity index (χ1n) is 8.65. The van der Waals surface area contributed by atoms with Crippen molar-refractivity contribution in [3.05, 3.63) is 0 Å². The van der Waals surface area contributed by atoms with Crippen molar-refractivity contribution in [2.45, 2.75) is 61.4 Å². The van der Waals surface area contributed by atoms with Crippen LogP contribution in [0.4, 0.5) is 0 Å². The van der Waals surface area contributed by atoms with Crippen LogP contribution in [0.15, 0.2) is 0 Å². The van der Waals surface area contributed by atoms with Crippen molar-refractivity contribution in [2.75, 3.05) is 13.1 Å². The number of ether oxygens (including phenoxy) is 3. The van der Waals surface area contributed by atoms with Gasteiger partial charge in [0.05, 0.1) is 18.6 Å². The Morgan fingerprint density at radius 3 is 1.30 bits per heavy atom. The minimum Gasteiger partial charge on any atom is -0.394 e. The summed E-state index contributed by atoms with van der Waals surface area (Å²) >= 11 is 0. The molecule has 0 spiro atoms. The second-order valence-corrected chi connectivity index (χ2v) is 5.19. The molecule has 0 aromatic carbocycles. The molecule has 136 valence electrons. The Bertz CT molecular complexity index is 471. The van der Waals surface area contributed by atoms with Crippen molar-refractivity contribution in [2.24, 2.45) is 0 Å². The van der Waals surface area contributed by atoms with E-state index in [4.69, 9.17) is 19.7 Å². The Hall–Kier alpha value is -0.440. The SMILES string of the molecule is [2H]C([2H])(O)[C@H]1O[C@@H](O[C@H]2O[C@H](C([2H])([2H])O)[C@@H](O)[C@H](O)[C@H]2O)[C@H](O)[C@@H](O)[C@@H]1O. The molecule has 11 heteroatoms. The van der Waals surface area contributed by atoms with E-state index in [1.165, 1.54) is 0 Å². The van der Waals surface area contributed by atoms with Crippen LogP contribution in [0.3, 0.4) is 0 Å². The first-order valence-corrected chi connectivity index (χ1v) is 6.65. The van der Waals surface area contributed by atoms with Crippen molar-refractivity contribution < 1.29 is 60.5 Å². The molecular weight excluding hydrogens is 320 g/mol. The Labute approximate surface area is 136 Å². The topological polar surface area (TPSA) is 190 Å². The number of aliphatic hydroxyl groups is 8. The van der Waals surface area contributed by atoms with Crippen LogP contribution >= 0.6 is 0 Å². The van der Waals surface area contributed by atoms with E-state index in [-0.39, 0.29) is 0 Å². The first-order chi connectivity index (χ1) is 12.2. The highest BCUT2D eigenvalue weighted by Gasteiger charge is 2.49. The van der Waals surface area contributed by atoms with Crippen LogP contribution in [0.1, 0.15) is 5.48 Å². The molecule has 2 heterocycles. The van der Waals surface area contributed by atoms with Crippen molar-refractivity contribution in [3.8, 4) is 0 Å². The highest BCUT2D eigenvalue weighted by atomic mass is 16.8. The Morgan fingerprint density at radius 1 is 0.652 bits per heavy atom. The third-order valence-electron chi connectivity index (χ3n) is 3.66. The van der Waals surface area contributed by atoms with Crippen LogP contribution in [-0.2, 0) is 14.2 Å². The zero-order valence-corrected chi connectivity index (χ0v) is 11.6. The van der Waals surface area contributed by atoms with Gasteiger partial charge >= 0.3 is 0 Å². The molecule has 0 aliphatic carbocycles. The molecule has 0 saturated carbocycles.